The number of nitrogens with zero attached hydrogens (tertiary/aromatic N) is 2. The minimum atomic E-state index is -1.08. The average Bonchev–Trinajstić information content (AvgIpc) is 2.78. The SMILES string of the molecule is C[Si](C)(C)CC[C@H]1C[C@H](n2ccc(N)nc2=S)O[C@@H]1CO. The molecule has 2 heterocycles. The number of aliphatic hydroxyl groups is 1. The quantitative estimate of drug-likeness (QED) is 0.642. The molecule has 118 valence electrons. The van der Waals surface area contributed by atoms with E-state index in [1.807, 2.05) is 10.8 Å². The monoisotopic (exact) mass is 327 g/mol. The van der Waals surface area contributed by atoms with Gasteiger partial charge in [0.25, 0.3) is 0 Å². The zero-order valence-electron chi connectivity index (χ0n) is 13.0. The van der Waals surface area contributed by atoms with Gasteiger partial charge in [-0.05, 0) is 30.6 Å². The van der Waals surface area contributed by atoms with Crippen LogP contribution >= 0.6 is 12.2 Å². The van der Waals surface area contributed by atoms with Crippen LogP contribution in [-0.2, 0) is 4.74 Å². The van der Waals surface area contributed by atoms with Crippen LogP contribution in [-0.4, -0.2) is 35.4 Å². The minimum Gasteiger partial charge on any atom is -0.394 e. The predicted octanol–water partition coefficient (Wildman–Crippen LogP) is 2.82. The predicted molar refractivity (Wildman–Crippen MR) is 89.3 cm³/mol. The van der Waals surface area contributed by atoms with E-state index >= 15 is 0 Å². The molecule has 0 amide bonds. The highest BCUT2D eigenvalue weighted by Crippen LogP contribution is 2.37. The third-order valence-electron chi connectivity index (χ3n) is 3.97. The molecule has 0 saturated carbocycles. The molecule has 0 unspecified atom stereocenters. The van der Waals surface area contributed by atoms with Gasteiger partial charge in [0.1, 0.15) is 12.0 Å². The van der Waals surface area contributed by atoms with Crippen LogP contribution < -0.4 is 5.73 Å². The van der Waals surface area contributed by atoms with Crippen molar-refractivity contribution in [1.29, 1.82) is 0 Å². The summed E-state index contributed by atoms with van der Waals surface area (Å²) in [6.45, 7) is 7.17. The van der Waals surface area contributed by atoms with Crippen molar-refractivity contribution in [1.82, 2.24) is 9.55 Å². The lowest BCUT2D eigenvalue weighted by atomic mass is 9.98. The average molecular weight is 328 g/mol. The molecule has 21 heavy (non-hydrogen) atoms. The van der Waals surface area contributed by atoms with E-state index in [4.69, 9.17) is 22.7 Å². The number of hydrogen-bond acceptors (Lipinski definition) is 5. The fraction of sp³-hybridized carbons (Fsp3) is 0.714. The molecule has 0 bridgehead atoms. The van der Waals surface area contributed by atoms with Crippen LogP contribution in [0.3, 0.4) is 0 Å². The molecule has 3 atom stereocenters. The van der Waals surface area contributed by atoms with Crippen molar-refractivity contribution in [3.8, 4) is 0 Å². The zero-order chi connectivity index (χ0) is 15.6. The van der Waals surface area contributed by atoms with Crippen LogP contribution in [0.5, 0.6) is 0 Å². The van der Waals surface area contributed by atoms with E-state index in [0.29, 0.717) is 16.5 Å². The van der Waals surface area contributed by atoms with E-state index in [1.54, 1.807) is 6.07 Å². The van der Waals surface area contributed by atoms with Crippen molar-refractivity contribution in [3.63, 3.8) is 0 Å². The highest BCUT2D eigenvalue weighted by molar-refractivity contribution is 7.71. The van der Waals surface area contributed by atoms with Gasteiger partial charge in [-0.25, -0.2) is 4.98 Å². The Labute approximate surface area is 132 Å². The van der Waals surface area contributed by atoms with Crippen LogP contribution in [0.1, 0.15) is 19.1 Å². The van der Waals surface area contributed by atoms with Gasteiger partial charge in [0.2, 0.25) is 4.77 Å². The molecule has 2 rings (SSSR count). The van der Waals surface area contributed by atoms with Gasteiger partial charge in [0.05, 0.1) is 12.7 Å². The molecule has 0 radical (unpaired) electrons. The molecule has 1 aliphatic heterocycles. The molecule has 1 aromatic heterocycles. The summed E-state index contributed by atoms with van der Waals surface area (Å²) in [6, 6.07) is 2.97. The van der Waals surface area contributed by atoms with E-state index in [9.17, 15) is 5.11 Å². The Morgan fingerprint density at radius 1 is 1.52 bits per heavy atom. The minimum absolute atomic E-state index is 0.0581. The van der Waals surface area contributed by atoms with E-state index in [-0.39, 0.29) is 18.9 Å². The fourth-order valence-corrected chi connectivity index (χ4v) is 4.24. The van der Waals surface area contributed by atoms with E-state index in [1.165, 1.54) is 6.04 Å². The molecule has 1 fully saturated rings. The second kappa shape index (κ2) is 6.56. The van der Waals surface area contributed by atoms with Crippen molar-refractivity contribution in [3.05, 3.63) is 17.0 Å². The maximum absolute atomic E-state index is 9.56. The Morgan fingerprint density at radius 3 is 2.81 bits per heavy atom. The zero-order valence-corrected chi connectivity index (χ0v) is 14.8. The molecule has 5 nitrogen and oxygen atoms in total. The normalized spacial score (nSPS) is 26.2. The second-order valence-electron chi connectivity index (χ2n) is 6.95. The van der Waals surface area contributed by atoms with Crippen LogP contribution in [0.25, 0.3) is 0 Å². The Kier molecular flexibility index (Phi) is 5.18. The number of nitrogen functional groups attached to an aromatic ring is 1. The number of rotatable bonds is 5. The third kappa shape index (κ3) is 4.35. The fourth-order valence-electron chi connectivity index (χ4n) is 2.72. The molecular weight excluding hydrogens is 302 g/mol. The van der Waals surface area contributed by atoms with E-state index in [2.05, 4.69) is 24.6 Å². The molecule has 0 spiro atoms. The van der Waals surface area contributed by atoms with Crippen LogP contribution in [0.15, 0.2) is 12.3 Å². The van der Waals surface area contributed by atoms with Crippen molar-refractivity contribution in [2.24, 2.45) is 5.92 Å². The number of aliphatic hydroxyl groups excluding tert-OH is 1. The number of aromatic nitrogens is 2. The van der Waals surface area contributed by atoms with Gasteiger partial charge >= 0.3 is 0 Å². The lowest BCUT2D eigenvalue weighted by molar-refractivity contribution is -0.0319. The van der Waals surface area contributed by atoms with Gasteiger partial charge in [-0.1, -0.05) is 32.1 Å². The van der Waals surface area contributed by atoms with E-state index < -0.39 is 8.07 Å². The van der Waals surface area contributed by atoms with Crippen LogP contribution in [0.2, 0.25) is 25.7 Å². The Bertz CT molecular complexity index is 544. The summed E-state index contributed by atoms with van der Waals surface area (Å²) in [7, 11) is -1.08. The van der Waals surface area contributed by atoms with Gasteiger partial charge in [-0.15, -0.1) is 0 Å². The molecule has 0 aromatic carbocycles. The molecule has 1 aliphatic rings. The summed E-state index contributed by atoms with van der Waals surface area (Å²) in [5, 5.41) is 9.56. The lowest BCUT2D eigenvalue weighted by Crippen LogP contribution is -2.25. The Balaban J connectivity index is 2.09. The summed E-state index contributed by atoms with van der Waals surface area (Å²) >= 11 is 5.25. The Morgan fingerprint density at radius 2 is 2.24 bits per heavy atom. The summed E-state index contributed by atoms with van der Waals surface area (Å²) in [4.78, 5) is 4.10. The molecule has 1 aromatic rings. The highest BCUT2D eigenvalue weighted by atomic mass is 32.1. The first-order chi connectivity index (χ1) is 9.80. The van der Waals surface area contributed by atoms with Gasteiger partial charge in [0, 0.05) is 14.3 Å². The molecule has 1 saturated heterocycles. The van der Waals surface area contributed by atoms with Crippen LogP contribution in [0, 0.1) is 10.7 Å². The molecule has 7 heteroatoms. The number of nitrogens with two attached hydrogens (primary N) is 1. The van der Waals surface area contributed by atoms with E-state index in [0.717, 1.165) is 12.8 Å². The van der Waals surface area contributed by atoms with Gasteiger partial charge in [-0.3, -0.25) is 4.57 Å². The number of ether oxygens (including phenoxy) is 1. The van der Waals surface area contributed by atoms with Gasteiger partial charge in [-0.2, -0.15) is 0 Å². The Hall–Kier alpha value is -0.763. The maximum Gasteiger partial charge on any atom is 0.203 e. The number of anilines is 1. The first kappa shape index (κ1) is 16.6. The largest absolute Gasteiger partial charge is 0.394 e. The summed E-state index contributed by atoms with van der Waals surface area (Å²) < 4.78 is 8.25. The summed E-state index contributed by atoms with van der Waals surface area (Å²) in [5.41, 5.74) is 5.64. The summed E-state index contributed by atoms with van der Waals surface area (Å²) in [6.07, 6.45) is 3.55. The standard InChI is InChI=1S/C14H25N3O2SSi/c1-21(2,3)7-5-10-8-13(19-11(10)9-18)17-6-4-12(15)16-14(17)20/h4,6,10-11,13,18H,5,7-9H2,1-3H3,(H2,15,16,20)/t10-,11+,13+/m0/s1. The van der Waals surface area contributed by atoms with Crippen molar-refractivity contribution in [2.45, 2.75) is 50.9 Å². The topological polar surface area (TPSA) is 73.3 Å². The molecule has 0 aliphatic carbocycles. The first-order valence-corrected chi connectivity index (χ1v) is 11.5. The summed E-state index contributed by atoms with van der Waals surface area (Å²) in [5.74, 6) is 0.800. The molecule has 3 N–H and O–H groups in total. The number of hydrogen-bond donors (Lipinski definition) is 2. The first-order valence-electron chi connectivity index (χ1n) is 7.41. The maximum atomic E-state index is 9.56. The van der Waals surface area contributed by atoms with Crippen molar-refractivity contribution in [2.75, 3.05) is 12.3 Å². The van der Waals surface area contributed by atoms with Gasteiger partial charge < -0.3 is 15.6 Å². The van der Waals surface area contributed by atoms with Crippen molar-refractivity contribution >= 4 is 26.1 Å². The third-order valence-corrected chi connectivity index (χ3v) is 6.06. The van der Waals surface area contributed by atoms with Crippen LogP contribution in [0.4, 0.5) is 5.82 Å². The lowest BCUT2D eigenvalue weighted by Gasteiger charge is -2.20. The smallest absolute Gasteiger partial charge is 0.203 e. The van der Waals surface area contributed by atoms with Crippen molar-refractivity contribution < 1.29 is 9.84 Å². The second-order valence-corrected chi connectivity index (χ2v) is 12.9. The highest BCUT2D eigenvalue weighted by Gasteiger charge is 2.36. The van der Waals surface area contributed by atoms with Gasteiger partial charge in [0.15, 0.2) is 0 Å². The molecular formula is C14H25N3O2SSi.